The maximum Gasteiger partial charge on any atom is 0.282 e. The lowest BCUT2D eigenvalue weighted by atomic mass is 9.96. The molecule has 2 saturated heterocycles. The maximum atomic E-state index is 14.7. The molecule has 4 heterocycles. The number of carbonyl (C=O) groups excluding carboxylic acids is 1. The molecule has 2 aromatic carbocycles. The van der Waals surface area contributed by atoms with Crippen molar-refractivity contribution in [2.45, 2.75) is 51.7 Å². The van der Waals surface area contributed by atoms with Gasteiger partial charge in [-0.1, -0.05) is 24.8 Å². The van der Waals surface area contributed by atoms with E-state index in [0.29, 0.717) is 62.8 Å². The largest absolute Gasteiger partial charge is 0.475 e. The molecular weight excluding hydrogens is 562 g/mol. The molecule has 2 atom stereocenters. The molecular formula is C34H38F2N6O2. The first-order valence-electron chi connectivity index (χ1n) is 15.3. The fourth-order valence-electron chi connectivity index (χ4n) is 7.05. The summed E-state index contributed by atoms with van der Waals surface area (Å²) in [4.78, 5) is 25.5. The van der Waals surface area contributed by atoms with Crippen LogP contribution in [-0.2, 0) is 17.8 Å². The summed E-state index contributed by atoms with van der Waals surface area (Å²) in [5.41, 5.74) is 4.52. The molecule has 0 bridgehead atoms. The number of hydrogen-bond acceptors (Lipinski definition) is 7. The number of amides is 1. The lowest BCUT2D eigenvalue weighted by Gasteiger charge is -2.42. The number of halogens is 2. The minimum absolute atomic E-state index is 0.239. The Hall–Kier alpha value is -4.23. The molecule has 10 heteroatoms. The highest BCUT2D eigenvalue weighted by atomic mass is 19.1. The number of benzene rings is 2. The van der Waals surface area contributed by atoms with Gasteiger partial charge in [0.2, 0.25) is 5.88 Å². The molecule has 6 rings (SSSR count). The predicted octanol–water partition coefficient (Wildman–Crippen LogP) is 5.11. The lowest BCUT2D eigenvalue weighted by molar-refractivity contribution is -0.131. The molecule has 0 radical (unpaired) electrons. The summed E-state index contributed by atoms with van der Waals surface area (Å²) in [6.45, 7) is 10.6. The van der Waals surface area contributed by atoms with Crippen LogP contribution in [0.25, 0.3) is 10.8 Å². The number of hydrogen-bond donors (Lipinski definition) is 0. The Balaban J connectivity index is 1.39. The molecule has 3 aliphatic rings. The molecule has 0 unspecified atom stereocenters. The maximum absolute atomic E-state index is 14.7. The number of fused-ring (bicyclic) bond motifs is 2. The topological polar surface area (TPSA) is 75.9 Å². The molecule has 0 spiro atoms. The van der Waals surface area contributed by atoms with Crippen molar-refractivity contribution in [3.05, 3.63) is 70.9 Å². The van der Waals surface area contributed by atoms with Gasteiger partial charge >= 0.3 is 0 Å². The summed E-state index contributed by atoms with van der Waals surface area (Å²) >= 11 is 0. The first-order chi connectivity index (χ1) is 21.2. The first-order valence-corrected chi connectivity index (χ1v) is 15.3. The molecule has 2 fully saturated rings. The predicted molar refractivity (Wildman–Crippen MR) is 167 cm³/mol. The molecule has 44 heavy (non-hydrogen) atoms. The van der Waals surface area contributed by atoms with Gasteiger partial charge in [-0.25, -0.2) is 13.8 Å². The summed E-state index contributed by atoms with van der Waals surface area (Å²) < 4.78 is 34.8. The average Bonchev–Trinajstić information content (AvgIpc) is 3.44. The van der Waals surface area contributed by atoms with E-state index in [9.17, 15) is 18.8 Å². The average molecular weight is 601 g/mol. The van der Waals surface area contributed by atoms with E-state index >= 15 is 0 Å². The van der Waals surface area contributed by atoms with E-state index in [1.54, 1.807) is 0 Å². The number of carbonyl (C=O) groups is 1. The quantitative estimate of drug-likeness (QED) is 0.364. The first kappa shape index (κ1) is 29.8. The third-order valence-corrected chi connectivity index (χ3v) is 9.48. The Morgan fingerprint density at radius 3 is 2.70 bits per heavy atom. The molecule has 8 nitrogen and oxygen atoms in total. The van der Waals surface area contributed by atoms with Gasteiger partial charge in [0.15, 0.2) is 5.83 Å². The van der Waals surface area contributed by atoms with Crippen molar-refractivity contribution in [2.75, 3.05) is 56.2 Å². The van der Waals surface area contributed by atoms with Crippen molar-refractivity contribution in [2.24, 2.45) is 0 Å². The number of piperazine rings is 1. The molecule has 3 aliphatic heterocycles. The van der Waals surface area contributed by atoms with Crippen molar-refractivity contribution in [1.82, 2.24) is 14.8 Å². The van der Waals surface area contributed by atoms with Gasteiger partial charge in [-0.15, -0.1) is 0 Å². The van der Waals surface area contributed by atoms with Gasteiger partial charge in [-0.3, -0.25) is 4.79 Å². The normalized spacial score (nSPS) is 20.5. The van der Waals surface area contributed by atoms with E-state index in [4.69, 9.17) is 9.72 Å². The highest BCUT2D eigenvalue weighted by Crippen LogP contribution is 2.40. The number of ether oxygens (including phenoxy) is 1. The summed E-state index contributed by atoms with van der Waals surface area (Å²) in [6, 6.07) is 11.7. The second kappa shape index (κ2) is 12.0. The smallest absolute Gasteiger partial charge is 0.282 e. The third kappa shape index (κ3) is 5.34. The number of pyridine rings is 1. The Kier molecular flexibility index (Phi) is 8.16. The van der Waals surface area contributed by atoms with Crippen LogP contribution in [0.15, 0.2) is 42.7 Å². The van der Waals surface area contributed by atoms with Gasteiger partial charge in [0.25, 0.3) is 5.91 Å². The van der Waals surface area contributed by atoms with Gasteiger partial charge < -0.3 is 24.3 Å². The van der Waals surface area contributed by atoms with E-state index in [0.717, 1.165) is 52.8 Å². The monoisotopic (exact) mass is 600 g/mol. The number of aromatic nitrogens is 1. The number of aryl methyl sites for hydroxylation is 1. The second-order valence-corrected chi connectivity index (χ2v) is 12.2. The summed E-state index contributed by atoms with van der Waals surface area (Å²) in [7, 11) is 2.08. The molecule has 230 valence electrons. The van der Waals surface area contributed by atoms with Crippen molar-refractivity contribution in [3.8, 4) is 11.9 Å². The number of likely N-dealkylation sites (tertiary alicyclic amines) is 1. The van der Waals surface area contributed by atoms with Crippen molar-refractivity contribution in [1.29, 1.82) is 5.26 Å². The van der Waals surface area contributed by atoms with Gasteiger partial charge in [-0.2, -0.15) is 5.26 Å². The standard InChI is InChI=1S/C34H38F2N6O2/c1-21-18-41(15-16-42(21)34(43)23(3)35)32-26-12-14-40(30-9-5-7-24-10-11-28(36)22(2)31(24)30)19-29(26)38-33(27(32)17-37)44-20-25-8-6-13-39(25)4/h5,7,9-11,21,25H,3,6,8,12-16,18-20H2,1-2,4H3/t21-,25-/m0/s1. The van der Waals surface area contributed by atoms with Crippen LogP contribution >= 0.6 is 0 Å². The zero-order valence-corrected chi connectivity index (χ0v) is 25.6. The minimum atomic E-state index is -0.972. The van der Waals surface area contributed by atoms with Crippen molar-refractivity contribution >= 4 is 28.1 Å². The number of likely N-dealkylation sites (N-methyl/N-ethyl adjacent to an activating group) is 1. The van der Waals surface area contributed by atoms with Crippen molar-refractivity contribution in [3.63, 3.8) is 0 Å². The molecule has 0 saturated carbocycles. The zero-order valence-electron chi connectivity index (χ0n) is 25.6. The number of nitriles is 1. The minimum Gasteiger partial charge on any atom is -0.475 e. The van der Waals surface area contributed by atoms with E-state index in [1.165, 1.54) is 11.0 Å². The van der Waals surface area contributed by atoms with E-state index in [1.807, 2.05) is 38.1 Å². The van der Waals surface area contributed by atoms with E-state index in [-0.39, 0.29) is 17.9 Å². The molecule has 0 N–H and O–H groups in total. The van der Waals surface area contributed by atoms with Gasteiger partial charge in [0.05, 0.1) is 17.9 Å². The van der Waals surface area contributed by atoms with Crippen LogP contribution in [-0.4, -0.2) is 79.2 Å². The molecule has 3 aromatic rings. The van der Waals surface area contributed by atoms with E-state index < -0.39 is 11.7 Å². The lowest BCUT2D eigenvalue weighted by Crippen LogP contribution is -2.54. The van der Waals surface area contributed by atoms with Crippen LogP contribution in [0.2, 0.25) is 0 Å². The zero-order chi connectivity index (χ0) is 31.1. The van der Waals surface area contributed by atoms with Gasteiger partial charge in [0.1, 0.15) is 24.1 Å². The van der Waals surface area contributed by atoms with E-state index in [2.05, 4.69) is 34.4 Å². The van der Waals surface area contributed by atoms with Crippen LogP contribution in [0.3, 0.4) is 0 Å². The third-order valence-electron chi connectivity index (χ3n) is 9.48. The number of nitrogens with zero attached hydrogens (tertiary/aromatic N) is 6. The SMILES string of the molecule is C=C(F)C(=O)N1CCN(c2c(C#N)c(OC[C@@H]3CCCN3C)nc3c2CCN(c2cccc4ccc(F)c(C)c24)C3)C[C@@H]1C. The summed E-state index contributed by atoms with van der Waals surface area (Å²) in [5.74, 6) is -1.60. The van der Waals surface area contributed by atoms with Crippen LogP contribution in [0.4, 0.5) is 20.2 Å². The highest BCUT2D eigenvalue weighted by Gasteiger charge is 2.35. The van der Waals surface area contributed by atoms with Crippen LogP contribution < -0.4 is 14.5 Å². The number of anilines is 2. The number of rotatable bonds is 6. The van der Waals surface area contributed by atoms with Crippen LogP contribution in [0.1, 0.15) is 42.1 Å². The summed E-state index contributed by atoms with van der Waals surface area (Å²) in [6.07, 6.45) is 2.75. The Morgan fingerprint density at radius 2 is 2.00 bits per heavy atom. The molecule has 0 aliphatic carbocycles. The molecule has 1 amide bonds. The molecule has 1 aromatic heterocycles. The van der Waals surface area contributed by atoms with Crippen molar-refractivity contribution < 1.29 is 18.3 Å². The van der Waals surface area contributed by atoms with Crippen LogP contribution in [0, 0.1) is 24.1 Å². The highest BCUT2D eigenvalue weighted by molar-refractivity contribution is 5.97. The second-order valence-electron chi connectivity index (χ2n) is 12.2. The Labute approximate surface area is 257 Å². The van der Waals surface area contributed by atoms with Gasteiger partial charge in [0, 0.05) is 54.9 Å². The summed E-state index contributed by atoms with van der Waals surface area (Å²) in [5, 5.41) is 12.3. The fraction of sp³-hybridized carbons (Fsp3) is 0.441. The van der Waals surface area contributed by atoms with Crippen LogP contribution in [0.5, 0.6) is 5.88 Å². The Bertz CT molecular complexity index is 1670. The Morgan fingerprint density at radius 1 is 1.18 bits per heavy atom. The van der Waals surface area contributed by atoms with Gasteiger partial charge in [-0.05, 0) is 69.8 Å². The fourth-order valence-corrected chi connectivity index (χ4v) is 7.05.